The summed E-state index contributed by atoms with van der Waals surface area (Å²) >= 11 is 0. The SMILES string of the molecule is C/C=C1\[C@H]2C=C(C)C[C@]1(N=C/C=C/c1cccc(NC(C)=O)c1)c1ccc(=O)[nH]c1C2. The molecule has 2 aliphatic carbocycles. The summed E-state index contributed by atoms with van der Waals surface area (Å²) in [6.07, 6.45) is 11.8. The lowest BCUT2D eigenvalue weighted by Crippen LogP contribution is -2.40. The zero-order chi connectivity index (χ0) is 22.0. The van der Waals surface area contributed by atoms with Gasteiger partial charge in [0.25, 0.3) is 0 Å². The first-order valence-corrected chi connectivity index (χ1v) is 10.6. The molecule has 2 atom stereocenters. The molecular weight excluding hydrogens is 386 g/mol. The number of amides is 1. The Balaban J connectivity index is 1.69. The summed E-state index contributed by atoms with van der Waals surface area (Å²) < 4.78 is 0. The van der Waals surface area contributed by atoms with Crippen molar-refractivity contribution >= 4 is 23.9 Å². The Kier molecular flexibility index (Phi) is 5.59. The Morgan fingerprint density at radius 1 is 1.29 bits per heavy atom. The van der Waals surface area contributed by atoms with Gasteiger partial charge in [-0.1, -0.05) is 35.9 Å². The molecule has 0 fully saturated rings. The summed E-state index contributed by atoms with van der Waals surface area (Å²) in [6, 6.07) is 11.2. The van der Waals surface area contributed by atoms with E-state index in [0.717, 1.165) is 35.3 Å². The van der Waals surface area contributed by atoms with E-state index in [1.807, 2.05) is 48.7 Å². The highest BCUT2D eigenvalue weighted by Crippen LogP contribution is 2.51. The minimum Gasteiger partial charge on any atom is -0.326 e. The third-order valence-corrected chi connectivity index (χ3v) is 5.96. The molecule has 0 radical (unpaired) electrons. The van der Waals surface area contributed by atoms with Crippen molar-refractivity contribution in [1.82, 2.24) is 4.98 Å². The number of carbonyl (C=O) groups excluding carboxylic acids is 1. The largest absolute Gasteiger partial charge is 0.326 e. The van der Waals surface area contributed by atoms with Crippen LogP contribution in [0.3, 0.4) is 0 Å². The van der Waals surface area contributed by atoms with Gasteiger partial charge in [-0.05, 0) is 55.7 Å². The molecule has 0 spiro atoms. The molecule has 0 unspecified atom stereocenters. The predicted molar refractivity (Wildman–Crippen MR) is 126 cm³/mol. The summed E-state index contributed by atoms with van der Waals surface area (Å²) in [5.41, 5.74) is 5.86. The van der Waals surface area contributed by atoms with Crippen LogP contribution in [0.1, 0.15) is 44.0 Å². The van der Waals surface area contributed by atoms with E-state index in [1.54, 1.807) is 6.07 Å². The van der Waals surface area contributed by atoms with Crippen LogP contribution in [0.2, 0.25) is 0 Å². The average molecular weight is 414 g/mol. The van der Waals surface area contributed by atoms with Gasteiger partial charge in [-0.15, -0.1) is 0 Å². The van der Waals surface area contributed by atoms with Crippen molar-refractivity contribution in [3.05, 3.63) is 92.9 Å². The maximum atomic E-state index is 11.9. The molecule has 4 rings (SSSR count). The minimum atomic E-state index is -0.488. The Labute approximate surface area is 182 Å². The van der Waals surface area contributed by atoms with E-state index in [-0.39, 0.29) is 17.4 Å². The van der Waals surface area contributed by atoms with E-state index < -0.39 is 5.54 Å². The Morgan fingerprint density at radius 3 is 2.90 bits per heavy atom. The van der Waals surface area contributed by atoms with Crippen LogP contribution in [0, 0.1) is 5.92 Å². The first-order chi connectivity index (χ1) is 14.9. The van der Waals surface area contributed by atoms with Crippen molar-refractivity contribution in [3.63, 3.8) is 0 Å². The Hall–Kier alpha value is -3.47. The second kappa shape index (κ2) is 8.34. The highest BCUT2D eigenvalue weighted by Gasteiger charge is 2.46. The van der Waals surface area contributed by atoms with Gasteiger partial charge in [0.15, 0.2) is 0 Å². The number of aromatic amines is 1. The topological polar surface area (TPSA) is 74.3 Å². The van der Waals surface area contributed by atoms with Gasteiger partial charge in [0.05, 0.1) is 0 Å². The molecule has 0 saturated heterocycles. The highest BCUT2D eigenvalue weighted by atomic mass is 16.1. The van der Waals surface area contributed by atoms with Crippen LogP contribution in [-0.2, 0) is 16.8 Å². The number of fused-ring (bicyclic) bond motifs is 4. The van der Waals surface area contributed by atoms with Gasteiger partial charge in [-0.3, -0.25) is 14.6 Å². The molecule has 5 heteroatoms. The maximum Gasteiger partial charge on any atom is 0.248 e. The fourth-order valence-corrected chi connectivity index (χ4v) is 4.90. The first-order valence-electron chi connectivity index (χ1n) is 10.6. The van der Waals surface area contributed by atoms with E-state index in [4.69, 9.17) is 4.99 Å². The number of hydrogen-bond donors (Lipinski definition) is 2. The first kappa shape index (κ1) is 20.8. The molecule has 2 aliphatic rings. The zero-order valence-electron chi connectivity index (χ0n) is 18.1. The third-order valence-electron chi connectivity index (χ3n) is 5.96. The van der Waals surface area contributed by atoms with Gasteiger partial charge in [-0.2, -0.15) is 0 Å². The summed E-state index contributed by atoms with van der Waals surface area (Å²) in [4.78, 5) is 31.3. The normalized spacial score (nSPS) is 23.8. The summed E-state index contributed by atoms with van der Waals surface area (Å²) in [6.45, 7) is 5.72. The molecule has 0 aliphatic heterocycles. The second-order valence-corrected chi connectivity index (χ2v) is 8.26. The Morgan fingerprint density at radius 2 is 2.13 bits per heavy atom. The molecule has 2 bridgehead atoms. The van der Waals surface area contributed by atoms with Crippen LogP contribution in [0.5, 0.6) is 0 Å². The molecule has 1 aromatic heterocycles. The second-order valence-electron chi connectivity index (χ2n) is 8.26. The fraction of sp³-hybridized carbons (Fsp3) is 0.269. The number of nitrogens with one attached hydrogen (secondary N) is 2. The predicted octanol–water partition coefficient (Wildman–Crippen LogP) is 4.78. The summed E-state index contributed by atoms with van der Waals surface area (Å²) in [5.74, 6) is 0.157. The molecule has 2 aromatic rings. The van der Waals surface area contributed by atoms with E-state index >= 15 is 0 Å². The number of nitrogens with zero attached hydrogens (tertiary/aromatic N) is 1. The van der Waals surface area contributed by atoms with Gasteiger partial charge in [-0.25, -0.2) is 0 Å². The quantitative estimate of drug-likeness (QED) is 0.559. The fourth-order valence-electron chi connectivity index (χ4n) is 4.90. The minimum absolute atomic E-state index is 0.0699. The number of allylic oxidation sites excluding steroid dienone is 3. The van der Waals surface area contributed by atoms with Crippen LogP contribution >= 0.6 is 0 Å². The van der Waals surface area contributed by atoms with Crippen LogP contribution in [0.4, 0.5) is 5.69 Å². The number of rotatable bonds is 4. The van der Waals surface area contributed by atoms with Crippen LogP contribution in [0.25, 0.3) is 6.08 Å². The van der Waals surface area contributed by atoms with E-state index in [0.29, 0.717) is 0 Å². The van der Waals surface area contributed by atoms with Gasteiger partial charge in [0, 0.05) is 48.5 Å². The molecule has 0 saturated carbocycles. The molecule has 2 N–H and O–H groups in total. The molecule has 5 nitrogen and oxygen atoms in total. The molecule has 1 aromatic carbocycles. The van der Waals surface area contributed by atoms with Gasteiger partial charge < -0.3 is 10.3 Å². The molecule has 31 heavy (non-hydrogen) atoms. The van der Waals surface area contributed by atoms with Crippen molar-refractivity contribution in [2.75, 3.05) is 5.32 Å². The smallest absolute Gasteiger partial charge is 0.248 e. The monoisotopic (exact) mass is 413 g/mol. The number of anilines is 1. The number of benzene rings is 1. The number of aromatic nitrogens is 1. The third kappa shape index (κ3) is 4.08. The van der Waals surface area contributed by atoms with Crippen molar-refractivity contribution in [2.45, 2.75) is 39.2 Å². The number of aliphatic imine (C=N–C) groups is 1. The zero-order valence-corrected chi connectivity index (χ0v) is 18.1. The van der Waals surface area contributed by atoms with Crippen LogP contribution in [0.15, 0.2) is 75.6 Å². The number of H-pyrrole nitrogens is 1. The van der Waals surface area contributed by atoms with Crippen molar-refractivity contribution in [2.24, 2.45) is 10.9 Å². The number of hydrogen-bond acceptors (Lipinski definition) is 3. The average Bonchev–Trinajstić information content (AvgIpc) is 2.70. The summed E-state index contributed by atoms with van der Waals surface area (Å²) in [7, 11) is 0. The molecule has 1 heterocycles. The van der Waals surface area contributed by atoms with Crippen LogP contribution < -0.4 is 10.9 Å². The van der Waals surface area contributed by atoms with E-state index in [9.17, 15) is 9.59 Å². The lowest BCUT2D eigenvalue weighted by molar-refractivity contribution is -0.114. The van der Waals surface area contributed by atoms with E-state index in [1.165, 1.54) is 18.1 Å². The number of pyridine rings is 1. The van der Waals surface area contributed by atoms with Gasteiger partial charge in [0.1, 0.15) is 5.54 Å². The van der Waals surface area contributed by atoms with Crippen molar-refractivity contribution in [3.8, 4) is 0 Å². The van der Waals surface area contributed by atoms with E-state index in [2.05, 4.69) is 36.3 Å². The van der Waals surface area contributed by atoms with Gasteiger partial charge in [0.2, 0.25) is 11.5 Å². The lowest BCUT2D eigenvalue weighted by atomic mass is 9.63. The van der Waals surface area contributed by atoms with Crippen molar-refractivity contribution < 1.29 is 4.79 Å². The van der Waals surface area contributed by atoms with Crippen LogP contribution in [-0.4, -0.2) is 17.1 Å². The van der Waals surface area contributed by atoms with Gasteiger partial charge >= 0.3 is 0 Å². The molecule has 1 amide bonds. The highest BCUT2D eigenvalue weighted by molar-refractivity contribution is 5.89. The summed E-state index contributed by atoms with van der Waals surface area (Å²) in [5, 5.41) is 2.80. The lowest BCUT2D eigenvalue weighted by Gasteiger charge is -2.45. The molecular formula is C26H27N3O2. The number of carbonyl (C=O) groups is 1. The standard InChI is InChI=1S/C26H27N3O2/c1-4-22-20-13-17(2)16-26(22,23-10-11-25(31)29-24(23)15-20)27-12-6-8-19-7-5-9-21(14-19)28-18(3)30/h4-14,20H,15-16H2,1-3H3,(H,28,30)(H,29,31)/b8-6+,22-4+,27-12?/t20-,26+/m0/s1. The Bertz CT molecular complexity index is 1200. The molecule has 158 valence electrons. The maximum absolute atomic E-state index is 11.9. The van der Waals surface area contributed by atoms with Crippen molar-refractivity contribution in [1.29, 1.82) is 0 Å².